The zero-order chi connectivity index (χ0) is 19.6. The average molecular weight is 369 g/mol. The Kier molecular flexibility index (Phi) is 7.82. The Morgan fingerprint density at radius 1 is 0.963 bits per heavy atom. The smallest absolute Gasteiger partial charge is 0.124 e. The second kappa shape index (κ2) is 10.3. The first-order chi connectivity index (χ1) is 13.1. The molecule has 0 heterocycles. The molecule has 0 aliphatic rings. The van der Waals surface area contributed by atoms with E-state index in [1.54, 1.807) is 34.6 Å². The summed E-state index contributed by atoms with van der Waals surface area (Å²) in [4.78, 5) is 10.7. The lowest BCUT2D eigenvalue weighted by molar-refractivity contribution is 0.207. The number of aliphatic imine (C=N–C) groups is 2. The summed E-state index contributed by atoms with van der Waals surface area (Å²) in [5.74, 6) is 1.48. The lowest BCUT2D eigenvalue weighted by Crippen LogP contribution is -2.22. The number of benzene rings is 2. The van der Waals surface area contributed by atoms with E-state index in [2.05, 4.69) is 14.9 Å². The molecule has 0 fully saturated rings. The molecule has 0 bridgehead atoms. The van der Waals surface area contributed by atoms with Gasteiger partial charge >= 0.3 is 0 Å². The highest BCUT2D eigenvalue weighted by atomic mass is 16.5. The minimum atomic E-state index is 0.589. The van der Waals surface area contributed by atoms with Crippen LogP contribution in [0.5, 0.6) is 11.5 Å². The van der Waals surface area contributed by atoms with Gasteiger partial charge in [-0.3, -0.25) is 9.98 Å². The summed E-state index contributed by atoms with van der Waals surface area (Å²) in [5, 5.41) is 0. The first-order valence-corrected chi connectivity index (χ1v) is 8.68. The van der Waals surface area contributed by atoms with Crippen molar-refractivity contribution in [3.8, 4) is 11.5 Å². The number of ether oxygens (including phenoxy) is 3. The molecule has 144 valence electrons. The molecular weight excluding hydrogens is 342 g/mol. The second-order valence-corrected chi connectivity index (χ2v) is 5.85. The first-order valence-electron chi connectivity index (χ1n) is 8.68. The summed E-state index contributed by atoms with van der Waals surface area (Å²) in [5.41, 5.74) is 3.75. The second-order valence-electron chi connectivity index (χ2n) is 5.85. The molecule has 6 nitrogen and oxygen atoms in total. The van der Waals surface area contributed by atoms with E-state index in [1.807, 2.05) is 49.4 Å². The van der Waals surface area contributed by atoms with Crippen LogP contribution >= 0.6 is 0 Å². The van der Waals surface area contributed by atoms with Crippen LogP contribution in [0.3, 0.4) is 0 Å². The number of methoxy groups -OCH3 is 3. The van der Waals surface area contributed by atoms with Crippen LogP contribution < -0.4 is 14.4 Å². The fourth-order valence-electron chi connectivity index (χ4n) is 2.48. The molecule has 0 saturated heterocycles. The number of anilines is 2. The van der Waals surface area contributed by atoms with Crippen LogP contribution in [-0.4, -0.2) is 53.5 Å². The Bertz CT molecular complexity index is 764. The van der Waals surface area contributed by atoms with E-state index in [1.165, 1.54) is 0 Å². The molecule has 0 amide bonds. The van der Waals surface area contributed by atoms with Crippen molar-refractivity contribution in [3.63, 3.8) is 0 Å². The Morgan fingerprint density at radius 2 is 1.59 bits per heavy atom. The van der Waals surface area contributed by atoms with E-state index in [-0.39, 0.29) is 0 Å². The average Bonchev–Trinajstić information content (AvgIpc) is 2.72. The zero-order valence-electron chi connectivity index (χ0n) is 16.6. The van der Waals surface area contributed by atoms with Gasteiger partial charge in [-0.2, -0.15) is 0 Å². The van der Waals surface area contributed by atoms with Gasteiger partial charge in [0.15, 0.2) is 0 Å². The Labute approximate surface area is 161 Å². The monoisotopic (exact) mass is 369 g/mol. The van der Waals surface area contributed by atoms with Crippen LogP contribution in [0.4, 0.5) is 17.1 Å². The summed E-state index contributed by atoms with van der Waals surface area (Å²) in [7, 11) is 6.74. The van der Waals surface area contributed by atoms with Crippen LogP contribution in [0.2, 0.25) is 0 Å². The predicted molar refractivity (Wildman–Crippen MR) is 112 cm³/mol. The van der Waals surface area contributed by atoms with Gasteiger partial charge in [0, 0.05) is 62.2 Å². The van der Waals surface area contributed by atoms with E-state index in [0.717, 1.165) is 34.3 Å². The molecule has 0 aliphatic heterocycles. The molecule has 2 aromatic rings. The number of hydrogen-bond donors (Lipinski definition) is 0. The van der Waals surface area contributed by atoms with Crippen molar-refractivity contribution < 1.29 is 14.2 Å². The van der Waals surface area contributed by atoms with Gasteiger partial charge in [0.25, 0.3) is 0 Å². The van der Waals surface area contributed by atoms with Crippen LogP contribution in [0.25, 0.3) is 0 Å². The summed E-state index contributed by atoms with van der Waals surface area (Å²) in [6.45, 7) is 3.20. The molecule has 0 aromatic heterocycles. The number of hydrogen-bond acceptors (Lipinski definition) is 6. The third kappa shape index (κ3) is 5.82. The molecule has 6 heteroatoms. The third-order valence-electron chi connectivity index (χ3n) is 4.08. The van der Waals surface area contributed by atoms with Crippen molar-refractivity contribution in [2.75, 3.05) is 46.4 Å². The van der Waals surface area contributed by atoms with Gasteiger partial charge in [-0.15, -0.1) is 0 Å². The SMILES string of the molecule is C/N=C(C)\C=N/c1ccc(N(CCOC)c2cc(OC)cc(OC)c2)cc1. The summed E-state index contributed by atoms with van der Waals surface area (Å²) in [6, 6.07) is 13.8. The van der Waals surface area contributed by atoms with E-state index in [0.29, 0.717) is 13.2 Å². The minimum absolute atomic E-state index is 0.589. The molecule has 2 rings (SSSR count). The molecule has 0 aliphatic carbocycles. The molecule has 0 atom stereocenters. The molecule has 0 unspecified atom stereocenters. The molecule has 27 heavy (non-hydrogen) atoms. The molecule has 0 N–H and O–H groups in total. The zero-order valence-corrected chi connectivity index (χ0v) is 16.6. The molecule has 2 aromatic carbocycles. The largest absolute Gasteiger partial charge is 0.497 e. The van der Waals surface area contributed by atoms with Crippen molar-refractivity contribution >= 4 is 29.0 Å². The van der Waals surface area contributed by atoms with Crippen LogP contribution in [0.1, 0.15) is 6.92 Å². The molecule has 0 saturated carbocycles. The predicted octanol–water partition coefficient (Wildman–Crippen LogP) is 4.28. The van der Waals surface area contributed by atoms with Gasteiger partial charge in [0.1, 0.15) is 11.5 Å². The van der Waals surface area contributed by atoms with Gasteiger partial charge in [-0.25, -0.2) is 0 Å². The van der Waals surface area contributed by atoms with Crippen molar-refractivity contribution in [1.82, 2.24) is 0 Å². The van der Waals surface area contributed by atoms with Crippen molar-refractivity contribution in [3.05, 3.63) is 42.5 Å². The Hall–Kier alpha value is -2.86. The van der Waals surface area contributed by atoms with Gasteiger partial charge in [0.2, 0.25) is 0 Å². The fraction of sp³-hybridized carbons (Fsp3) is 0.333. The highest BCUT2D eigenvalue weighted by Gasteiger charge is 2.12. The standard InChI is InChI=1S/C21H27N3O3/c1-16(22-2)15-23-17-6-8-18(9-7-17)24(10-11-25-3)19-12-20(26-4)14-21(13-19)27-5/h6-9,12-15H,10-11H2,1-5H3/b22-16-,23-15-. The Morgan fingerprint density at radius 3 is 2.11 bits per heavy atom. The third-order valence-corrected chi connectivity index (χ3v) is 4.08. The maximum Gasteiger partial charge on any atom is 0.124 e. The maximum absolute atomic E-state index is 5.40. The highest BCUT2D eigenvalue weighted by Crippen LogP contribution is 2.33. The van der Waals surface area contributed by atoms with Crippen LogP contribution in [-0.2, 0) is 4.74 Å². The van der Waals surface area contributed by atoms with Crippen molar-refractivity contribution in [2.45, 2.75) is 6.92 Å². The van der Waals surface area contributed by atoms with Gasteiger partial charge < -0.3 is 19.1 Å². The van der Waals surface area contributed by atoms with Crippen LogP contribution in [0, 0.1) is 0 Å². The quantitative estimate of drug-likeness (QED) is 0.619. The maximum atomic E-state index is 5.40. The van der Waals surface area contributed by atoms with Crippen molar-refractivity contribution in [1.29, 1.82) is 0 Å². The molecule has 0 radical (unpaired) electrons. The normalized spacial score (nSPS) is 11.7. The summed E-state index contributed by atoms with van der Waals surface area (Å²) in [6.07, 6.45) is 1.75. The van der Waals surface area contributed by atoms with E-state index >= 15 is 0 Å². The topological polar surface area (TPSA) is 55.7 Å². The number of nitrogens with zero attached hydrogens (tertiary/aromatic N) is 3. The molecule has 0 spiro atoms. The number of rotatable bonds is 9. The van der Waals surface area contributed by atoms with E-state index < -0.39 is 0 Å². The first kappa shape index (κ1) is 20.5. The van der Waals surface area contributed by atoms with E-state index in [4.69, 9.17) is 14.2 Å². The van der Waals surface area contributed by atoms with E-state index in [9.17, 15) is 0 Å². The van der Waals surface area contributed by atoms with Crippen molar-refractivity contribution in [2.24, 2.45) is 9.98 Å². The Balaban J connectivity index is 2.35. The minimum Gasteiger partial charge on any atom is -0.497 e. The summed E-state index contributed by atoms with van der Waals surface area (Å²) >= 11 is 0. The van der Waals surface area contributed by atoms with Crippen LogP contribution in [0.15, 0.2) is 52.4 Å². The van der Waals surface area contributed by atoms with Gasteiger partial charge in [-0.05, 0) is 31.2 Å². The highest BCUT2D eigenvalue weighted by molar-refractivity contribution is 6.29. The van der Waals surface area contributed by atoms with Gasteiger partial charge in [-0.1, -0.05) is 0 Å². The lowest BCUT2D eigenvalue weighted by Gasteiger charge is -2.25. The molecular formula is C21H27N3O3. The lowest BCUT2D eigenvalue weighted by atomic mass is 10.2. The fourth-order valence-corrected chi connectivity index (χ4v) is 2.48. The van der Waals surface area contributed by atoms with Gasteiger partial charge in [0.05, 0.1) is 26.5 Å². The summed E-state index contributed by atoms with van der Waals surface area (Å²) < 4.78 is 16.1.